The molecule has 0 saturated carbocycles. The molecular formula is C18H26N2O3. The van der Waals surface area contributed by atoms with Crippen LogP contribution in [0.5, 0.6) is 0 Å². The molecule has 0 radical (unpaired) electrons. The van der Waals surface area contributed by atoms with Gasteiger partial charge in [-0.2, -0.15) is 0 Å². The zero-order chi connectivity index (χ0) is 16.5. The van der Waals surface area contributed by atoms with Gasteiger partial charge in [-0.1, -0.05) is 48.5 Å². The molecule has 1 aromatic carbocycles. The maximum absolute atomic E-state index is 10.0. The van der Waals surface area contributed by atoms with Gasteiger partial charge in [-0.15, -0.1) is 6.58 Å². The summed E-state index contributed by atoms with van der Waals surface area (Å²) >= 11 is 0. The molecule has 0 aromatic heterocycles. The van der Waals surface area contributed by atoms with E-state index in [1.165, 1.54) is 0 Å². The summed E-state index contributed by atoms with van der Waals surface area (Å²) in [6.07, 6.45) is 2.00. The Morgan fingerprint density at radius 1 is 1.48 bits per heavy atom. The summed E-state index contributed by atoms with van der Waals surface area (Å²) in [6, 6.07) is 10.1. The smallest absolute Gasteiger partial charge is 0.145 e. The van der Waals surface area contributed by atoms with Gasteiger partial charge >= 0.3 is 0 Å². The number of rotatable bonds is 10. The summed E-state index contributed by atoms with van der Waals surface area (Å²) in [7, 11) is 0. The largest absolute Gasteiger partial charge is 0.390 e. The summed E-state index contributed by atoms with van der Waals surface area (Å²) in [4.78, 5) is 7.72. The average molecular weight is 318 g/mol. The molecule has 0 spiro atoms. The molecule has 1 N–H and O–H groups in total. The normalized spacial score (nSPS) is 18.6. The van der Waals surface area contributed by atoms with Crippen molar-refractivity contribution < 1.29 is 14.7 Å². The molecule has 1 aromatic rings. The van der Waals surface area contributed by atoms with Gasteiger partial charge in [-0.3, -0.25) is 4.90 Å². The van der Waals surface area contributed by atoms with Crippen LogP contribution in [0, 0.1) is 0 Å². The van der Waals surface area contributed by atoms with Gasteiger partial charge < -0.3 is 14.7 Å². The van der Waals surface area contributed by atoms with Gasteiger partial charge in [-0.05, 0) is 12.1 Å². The molecule has 0 amide bonds. The fraction of sp³-hybridized carbons (Fsp3) is 0.500. The molecule has 23 heavy (non-hydrogen) atoms. The average Bonchev–Trinajstić information content (AvgIpc) is 3.04. The van der Waals surface area contributed by atoms with Crippen molar-refractivity contribution in [2.45, 2.75) is 25.6 Å². The van der Waals surface area contributed by atoms with Crippen molar-refractivity contribution >= 4 is 5.71 Å². The molecule has 2 atom stereocenters. The van der Waals surface area contributed by atoms with Crippen LogP contribution in [-0.4, -0.2) is 60.8 Å². The summed E-state index contributed by atoms with van der Waals surface area (Å²) in [5, 5.41) is 14.2. The van der Waals surface area contributed by atoms with Crippen LogP contribution in [0.25, 0.3) is 0 Å². The lowest BCUT2D eigenvalue weighted by molar-refractivity contribution is 0.00720. The Hall–Kier alpha value is -1.69. The molecule has 1 aliphatic rings. The second kappa shape index (κ2) is 9.45. The number of ether oxygens (including phenoxy) is 1. The van der Waals surface area contributed by atoms with Crippen molar-refractivity contribution in [3.05, 3.63) is 48.6 Å². The van der Waals surface area contributed by atoms with E-state index in [1.54, 1.807) is 6.08 Å². The van der Waals surface area contributed by atoms with Crippen molar-refractivity contribution in [1.82, 2.24) is 4.90 Å². The van der Waals surface area contributed by atoms with Gasteiger partial charge in [0.15, 0.2) is 0 Å². The third-order valence-corrected chi connectivity index (χ3v) is 3.76. The maximum Gasteiger partial charge on any atom is 0.145 e. The Bertz CT molecular complexity index is 504. The highest BCUT2D eigenvalue weighted by Crippen LogP contribution is 2.17. The maximum atomic E-state index is 10.0. The Morgan fingerprint density at radius 2 is 2.26 bits per heavy atom. The minimum absolute atomic E-state index is 0.0337. The van der Waals surface area contributed by atoms with E-state index in [9.17, 15) is 5.11 Å². The molecule has 1 aliphatic heterocycles. The van der Waals surface area contributed by atoms with Gasteiger partial charge in [0.2, 0.25) is 0 Å². The third-order valence-electron chi connectivity index (χ3n) is 3.76. The van der Waals surface area contributed by atoms with E-state index < -0.39 is 6.10 Å². The van der Waals surface area contributed by atoms with E-state index in [-0.39, 0.29) is 6.10 Å². The molecule has 5 nitrogen and oxygen atoms in total. The van der Waals surface area contributed by atoms with Crippen LogP contribution in [0.15, 0.2) is 48.1 Å². The Balaban J connectivity index is 1.76. The van der Waals surface area contributed by atoms with Gasteiger partial charge in [0, 0.05) is 19.5 Å². The van der Waals surface area contributed by atoms with Crippen molar-refractivity contribution in [2.24, 2.45) is 5.16 Å². The quantitative estimate of drug-likeness (QED) is 0.530. The standard InChI is InChI=1S/C18H26N2O3/c1-3-10-22-14-16(21)12-20(4-2)13-17-11-18(19-23-17)15-8-6-5-7-9-15/h3,5-9,16-17,21H,1,4,10-14H2,2H3. The number of aliphatic hydroxyl groups excluding tert-OH is 1. The zero-order valence-corrected chi connectivity index (χ0v) is 13.7. The van der Waals surface area contributed by atoms with Gasteiger partial charge in [0.05, 0.1) is 25.0 Å². The summed E-state index contributed by atoms with van der Waals surface area (Å²) < 4.78 is 5.29. The minimum Gasteiger partial charge on any atom is -0.390 e. The van der Waals surface area contributed by atoms with Crippen LogP contribution < -0.4 is 0 Å². The topological polar surface area (TPSA) is 54.3 Å². The predicted octanol–water partition coefficient (Wildman–Crippen LogP) is 2.06. The van der Waals surface area contributed by atoms with Crippen LogP contribution in [0.1, 0.15) is 18.9 Å². The highest BCUT2D eigenvalue weighted by molar-refractivity contribution is 6.01. The van der Waals surface area contributed by atoms with Crippen molar-refractivity contribution in [2.75, 3.05) is 32.8 Å². The molecule has 0 aliphatic carbocycles. The Kier molecular flexibility index (Phi) is 7.26. The summed E-state index contributed by atoms with van der Waals surface area (Å²) in [6.45, 7) is 8.60. The number of benzene rings is 1. The Morgan fingerprint density at radius 3 is 2.96 bits per heavy atom. The number of nitrogens with zero attached hydrogens (tertiary/aromatic N) is 2. The molecule has 0 saturated heterocycles. The lowest BCUT2D eigenvalue weighted by atomic mass is 10.0. The van der Waals surface area contributed by atoms with Gasteiger partial charge in [0.25, 0.3) is 0 Å². The van der Waals surface area contributed by atoms with E-state index >= 15 is 0 Å². The molecule has 126 valence electrons. The minimum atomic E-state index is -0.509. The van der Waals surface area contributed by atoms with Crippen molar-refractivity contribution in [3.8, 4) is 0 Å². The molecule has 0 bridgehead atoms. The van der Waals surface area contributed by atoms with Crippen LogP contribution in [0.2, 0.25) is 0 Å². The second-order valence-corrected chi connectivity index (χ2v) is 5.67. The number of likely N-dealkylation sites (N-methyl/N-ethyl adjacent to an activating group) is 1. The molecule has 1 heterocycles. The van der Waals surface area contributed by atoms with Crippen LogP contribution in [-0.2, 0) is 9.57 Å². The first-order chi connectivity index (χ1) is 11.2. The van der Waals surface area contributed by atoms with E-state index in [4.69, 9.17) is 9.57 Å². The number of aliphatic hydroxyl groups is 1. The fourth-order valence-electron chi connectivity index (χ4n) is 2.59. The lowest BCUT2D eigenvalue weighted by Crippen LogP contribution is -2.39. The fourth-order valence-corrected chi connectivity index (χ4v) is 2.59. The molecule has 5 heteroatoms. The highest BCUT2D eigenvalue weighted by atomic mass is 16.6. The summed E-state index contributed by atoms with van der Waals surface area (Å²) in [5.41, 5.74) is 2.09. The number of hydrogen-bond acceptors (Lipinski definition) is 5. The van der Waals surface area contributed by atoms with E-state index in [0.29, 0.717) is 19.8 Å². The first-order valence-corrected chi connectivity index (χ1v) is 8.10. The summed E-state index contributed by atoms with van der Waals surface area (Å²) in [5.74, 6) is 0. The van der Waals surface area contributed by atoms with E-state index in [1.807, 2.05) is 30.3 Å². The predicted molar refractivity (Wildman–Crippen MR) is 91.6 cm³/mol. The zero-order valence-electron chi connectivity index (χ0n) is 13.7. The number of hydrogen-bond donors (Lipinski definition) is 1. The highest BCUT2D eigenvalue weighted by Gasteiger charge is 2.24. The number of oxime groups is 1. The monoisotopic (exact) mass is 318 g/mol. The van der Waals surface area contributed by atoms with Crippen LogP contribution >= 0.6 is 0 Å². The van der Waals surface area contributed by atoms with Gasteiger partial charge in [-0.25, -0.2) is 0 Å². The van der Waals surface area contributed by atoms with E-state index in [0.717, 1.165) is 30.8 Å². The molecule has 2 unspecified atom stereocenters. The molecule has 2 rings (SSSR count). The van der Waals surface area contributed by atoms with Crippen LogP contribution in [0.4, 0.5) is 0 Å². The third kappa shape index (κ3) is 5.78. The van der Waals surface area contributed by atoms with Crippen LogP contribution in [0.3, 0.4) is 0 Å². The van der Waals surface area contributed by atoms with Crippen molar-refractivity contribution in [3.63, 3.8) is 0 Å². The SMILES string of the molecule is C=CCOCC(O)CN(CC)CC1CC(c2ccccc2)=NO1. The molecule has 0 fully saturated rings. The Labute approximate surface area is 138 Å². The second-order valence-electron chi connectivity index (χ2n) is 5.67. The van der Waals surface area contributed by atoms with Crippen molar-refractivity contribution in [1.29, 1.82) is 0 Å². The first-order valence-electron chi connectivity index (χ1n) is 8.10. The lowest BCUT2D eigenvalue weighted by Gasteiger charge is -2.25. The first kappa shape index (κ1) is 17.7. The van der Waals surface area contributed by atoms with E-state index in [2.05, 4.69) is 23.6 Å². The molecular weight excluding hydrogens is 292 g/mol. The van der Waals surface area contributed by atoms with Gasteiger partial charge in [0.1, 0.15) is 6.10 Å².